The molecule has 1 fully saturated rings. The second kappa shape index (κ2) is 7.29. The van der Waals surface area contributed by atoms with Gasteiger partial charge in [-0.05, 0) is 51.0 Å². The molecule has 142 valence electrons. The number of rotatable bonds is 5. The Hall–Kier alpha value is -2.44. The highest BCUT2D eigenvalue weighted by molar-refractivity contribution is 5.42. The summed E-state index contributed by atoms with van der Waals surface area (Å²) in [5.41, 5.74) is 6.59. The maximum atomic E-state index is 10.5. The van der Waals surface area contributed by atoms with Gasteiger partial charge in [0.05, 0.1) is 23.2 Å². The largest absolute Gasteiger partial charge is 0.391 e. The minimum Gasteiger partial charge on any atom is -0.391 e. The molecule has 6 nitrogen and oxygen atoms in total. The van der Waals surface area contributed by atoms with Crippen molar-refractivity contribution in [1.82, 2.24) is 24.9 Å². The first-order chi connectivity index (χ1) is 13.0. The topological polar surface area (TPSA) is 70.0 Å². The van der Waals surface area contributed by atoms with Gasteiger partial charge in [-0.3, -0.25) is 10.00 Å². The van der Waals surface area contributed by atoms with Crippen LogP contribution in [0.25, 0.3) is 5.69 Å². The van der Waals surface area contributed by atoms with Crippen molar-refractivity contribution in [1.29, 1.82) is 0 Å². The van der Waals surface area contributed by atoms with Crippen LogP contribution in [0.4, 0.5) is 0 Å². The van der Waals surface area contributed by atoms with Crippen LogP contribution in [0.2, 0.25) is 0 Å². The molecule has 2 N–H and O–H groups in total. The summed E-state index contributed by atoms with van der Waals surface area (Å²) in [6.45, 7) is 8.48. The number of aromatic nitrogens is 4. The second-order valence-electron chi connectivity index (χ2n) is 7.74. The summed E-state index contributed by atoms with van der Waals surface area (Å²) in [6, 6.07) is 12.6. The van der Waals surface area contributed by atoms with Crippen molar-refractivity contribution in [2.75, 3.05) is 13.1 Å². The number of hydrogen-bond acceptors (Lipinski definition) is 4. The fourth-order valence-electron chi connectivity index (χ4n) is 4.08. The van der Waals surface area contributed by atoms with Crippen LogP contribution in [-0.2, 0) is 13.0 Å². The minimum absolute atomic E-state index is 0.216. The zero-order chi connectivity index (χ0) is 19.0. The number of benzene rings is 1. The fraction of sp³-hybridized carbons (Fsp3) is 0.429. The molecule has 1 aliphatic heterocycles. The summed E-state index contributed by atoms with van der Waals surface area (Å²) < 4.78 is 2.02. The molecule has 4 rings (SSSR count). The van der Waals surface area contributed by atoms with Crippen LogP contribution in [-0.4, -0.2) is 49.2 Å². The Balaban J connectivity index is 1.49. The highest BCUT2D eigenvalue weighted by atomic mass is 16.3. The average Bonchev–Trinajstić information content (AvgIpc) is 3.28. The Bertz CT molecular complexity index is 928. The van der Waals surface area contributed by atoms with Crippen molar-refractivity contribution in [2.45, 2.75) is 39.8 Å². The Morgan fingerprint density at radius 3 is 2.67 bits per heavy atom. The standard InChI is InChI=1S/C21H27N5O/c1-14-9-19(23-22-14)10-18-12-25(13-21(18)27)11-17-6-4-5-7-20(17)26-16(3)8-15(2)24-26/h4-9,18,21,27H,10-13H2,1-3H3,(H,22,23). The lowest BCUT2D eigenvalue weighted by Crippen LogP contribution is -2.22. The van der Waals surface area contributed by atoms with Crippen LogP contribution in [0.15, 0.2) is 36.4 Å². The van der Waals surface area contributed by atoms with Crippen LogP contribution in [0.1, 0.15) is 28.3 Å². The van der Waals surface area contributed by atoms with E-state index < -0.39 is 0 Å². The number of nitrogens with one attached hydrogen (secondary N) is 1. The third-order valence-corrected chi connectivity index (χ3v) is 5.34. The van der Waals surface area contributed by atoms with Crippen LogP contribution < -0.4 is 0 Å². The van der Waals surface area contributed by atoms with E-state index in [1.165, 1.54) is 5.56 Å². The Kier molecular flexibility index (Phi) is 4.85. The van der Waals surface area contributed by atoms with Crippen molar-refractivity contribution >= 4 is 0 Å². The van der Waals surface area contributed by atoms with E-state index in [1.54, 1.807) is 0 Å². The normalized spacial score (nSPS) is 20.4. The predicted molar refractivity (Wildman–Crippen MR) is 105 cm³/mol. The van der Waals surface area contributed by atoms with Crippen molar-refractivity contribution in [2.24, 2.45) is 5.92 Å². The van der Waals surface area contributed by atoms with Gasteiger partial charge in [0.25, 0.3) is 0 Å². The molecule has 1 saturated heterocycles. The molecule has 27 heavy (non-hydrogen) atoms. The smallest absolute Gasteiger partial charge is 0.0711 e. The van der Waals surface area contributed by atoms with E-state index in [1.807, 2.05) is 18.5 Å². The molecule has 2 atom stereocenters. The zero-order valence-corrected chi connectivity index (χ0v) is 16.2. The van der Waals surface area contributed by atoms with Gasteiger partial charge in [0.15, 0.2) is 0 Å². The third kappa shape index (κ3) is 3.82. The lowest BCUT2D eigenvalue weighted by molar-refractivity contribution is 0.140. The van der Waals surface area contributed by atoms with Gasteiger partial charge in [0.2, 0.25) is 0 Å². The number of nitrogens with zero attached hydrogens (tertiary/aromatic N) is 4. The predicted octanol–water partition coefficient (Wildman–Crippen LogP) is 2.56. The molecular weight excluding hydrogens is 338 g/mol. The summed E-state index contributed by atoms with van der Waals surface area (Å²) in [4.78, 5) is 2.33. The molecular formula is C21H27N5O. The number of H-pyrrole nitrogens is 1. The summed E-state index contributed by atoms with van der Waals surface area (Å²) in [5, 5.41) is 22.5. The molecule has 2 unspecified atom stereocenters. The average molecular weight is 365 g/mol. The van der Waals surface area contributed by atoms with Crippen LogP contribution in [0.5, 0.6) is 0 Å². The van der Waals surface area contributed by atoms with Crippen molar-refractivity contribution < 1.29 is 5.11 Å². The molecule has 1 aliphatic rings. The van der Waals surface area contributed by atoms with Gasteiger partial charge < -0.3 is 5.11 Å². The highest BCUT2D eigenvalue weighted by Gasteiger charge is 2.32. The molecule has 0 radical (unpaired) electrons. The summed E-state index contributed by atoms with van der Waals surface area (Å²) in [7, 11) is 0. The maximum Gasteiger partial charge on any atom is 0.0711 e. The summed E-state index contributed by atoms with van der Waals surface area (Å²) >= 11 is 0. The van der Waals surface area contributed by atoms with Crippen molar-refractivity contribution in [3.63, 3.8) is 0 Å². The van der Waals surface area contributed by atoms with E-state index >= 15 is 0 Å². The second-order valence-corrected chi connectivity index (χ2v) is 7.74. The van der Waals surface area contributed by atoms with Gasteiger partial charge in [0.1, 0.15) is 0 Å². The Morgan fingerprint density at radius 2 is 1.96 bits per heavy atom. The number of aryl methyl sites for hydroxylation is 3. The monoisotopic (exact) mass is 365 g/mol. The van der Waals surface area contributed by atoms with Crippen molar-refractivity contribution in [3.05, 3.63) is 64.7 Å². The van der Waals surface area contributed by atoms with Gasteiger partial charge in [0, 0.05) is 36.9 Å². The number of β-amino-alcohol motifs (C(OH)–C–C–N with tert-alkyl or cyclic N) is 1. The van der Waals surface area contributed by atoms with Gasteiger partial charge in [-0.1, -0.05) is 18.2 Å². The van der Waals surface area contributed by atoms with Gasteiger partial charge in [-0.15, -0.1) is 0 Å². The van der Waals surface area contributed by atoms with E-state index in [4.69, 9.17) is 0 Å². The first kappa shape index (κ1) is 17.9. The van der Waals surface area contributed by atoms with Crippen LogP contribution in [0, 0.1) is 26.7 Å². The number of aliphatic hydroxyl groups is 1. The first-order valence-electron chi connectivity index (χ1n) is 9.52. The number of aromatic amines is 1. The van der Waals surface area contributed by atoms with Gasteiger partial charge in [-0.2, -0.15) is 10.2 Å². The molecule has 0 bridgehead atoms. The van der Waals surface area contributed by atoms with E-state index in [0.29, 0.717) is 6.54 Å². The first-order valence-corrected chi connectivity index (χ1v) is 9.52. The highest BCUT2D eigenvalue weighted by Crippen LogP contribution is 2.25. The molecule has 0 spiro atoms. The number of para-hydroxylation sites is 1. The van der Waals surface area contributed by atoms with Crippen LogP contribution in [0.3, 0.4) is 0 Å². The minimum atomic E-state index is -0.317. The van der Waals surface area contributed by atoms with E-state index in [-0.39, 0.29) is 12.0 Å². The van der Waals surface area contributed by atoms with Gasteiger partial charge >= 0.3 is 0 Å². The van der Waals surface area contributed by atoms with E-state index in [2.05, 4.69) is 63.5 Å². The molecule has 0 amide bonds. The van der Waals surface area contributed by atoms with Gasteiger partial charge in [-0.25, -0.2) is 4.68 Å². The molecule has 1 aromatic carbocycles. The zero-order valence-electron chi connectivity index (χ0n) is 16.2. The number of likely N-dealkylation sites (tertiary alicyclic amines) is 1. The Labute approximate surface area is 159 Å². The fourth-order valence-corrected chi connectivity index (χ4v) is 4.08. The van der Waals surface area contributed by atoms with E-state index in [0.717, 1.165) is 48.0 Å². The van der Waals surface area contributed by atoms with Crippen LogP contribution >= 0.6 is 0 Å². The summed E-state index contributed by atoms with van der Waals surface area (Å²) in [6.07, 6.45) is 0.490. The quantitative estimate of drug-likeness (QED) is 0.729. The molecule has 6 heteroatoms. The molecule has 0 aliphatic carbocycles. The lowest BCUT2D eigenvalue weighted by atomic mass is 10.0. The Morgan fingerprint density at radius 1 is 1.15 bits per heavy atom. The lowest BCUT2D eigenvalue weighted by Gasteiger charge is -2.18. The molecule has 0 saturated carbocycles. The van der Waals surface area contributed by atoms with Crippen molar-refractivity contribution in [3.8, 4) is 5.69 Å². The number of aliphatic hydroxyl groups excluding tert-OH is 1. The SMILES string of the molecule is Cc1cc(C)n(-c2ccccc2CN2CC(O)C(Cc3cc(C)[nH]n3)C2)n1. The summed E-state index contributed by atoms with van der Waals surface area (Å²) in [5.74, 6) is 0.216. The third-order valence-electron chi connectivity index (χ3n) is 5.34. The van der Waals surface area contributed by atoms with E-state index in [9.17, 15) is 5.11 Å². The molecule has 3 aromatic rings. The maximum absolute atomic E-state index is 10.5. The molecule has 3 heterocycles. The molecule has 2 aromatic heterocycles. The number of hydrogen-bond donors (Lipinski definition) is 2.